The van der Waals surface area contributed by atoms with Crippen molar-refractivity contribution in [3.05, 3.63) is 58.9 Å². The number of aryl methyl sites for hydroxylation is 2. The molecule has 1 atom stereocenters. The first-order valence-corrected chi connectivity index (χ1v) is 10.7. The molecule has 0 radical (unpaired) electrons. The molecule has 0 aliphatic heterocycles. The van der Waals surface area contributed by atoms with E-state index in [4.69, 9.17) is 16.5 Å². The second-order valence-electron chi connectivity index (χ2n) is 7.90. The first kappa shape index (κ1) is 23.2. The van der Waals surface area contributed by atoms with E-state index < -0.39 is 0 Å². The van der Waals surface area contributed by atoms with E-state index in [1.807, 2.05) is 18.3 Å². The van der Waals surface area contributed by atoms with Crippen LogP contribution in [0, 0.1) is 13.8 Å². The van der Waals surface area contributed by atoms with Crippen LogP contribution >= 0.6 is 0 Å². The Kier molecular flexibility index (Phi) is 9.45. The lowest BCUT2D eigenvalue weighted by Crippen LogP contribution is -2.30. The molecule has 5 heteroatoms. The summed E-state index contributed by atoms with van der Waals surface area (Å²) in [4.78, 5) is 12.0. The molecule has 1 unspecified atom stereocenters. The molecular weight excluding hydrogens is 358 g/mol. The van der Waals surface area contributed by atoms with Crippen LogP contribution in [0.2, 0.25) is 0 Å². The quantitative estimate of drug-likeness (QED) is 0.435. The van der Waals surface area contributed by atoms with Crippen molar-refractivity contribution in [1.82, 2.24) is 9.88 Å². The molecule has 0 aliphatic rings. The number of para-hydroxylation sites is 1. The summed E-state index contributed by atoms with van der Waals surface area (Å²) in [6, 6.07) is 10.4. The molecule has 0 fully saturated rings. The second-order valence-corrected chi connectivity index (χ2v) is 7.90. The Morgan fingerprint density at radius 1 is 1.21 bits per heavy atom. The third-order valence-corrected chi connectivity index (χ3v) is 5.17. The number of pyridine rings is 1. The van der Waals surface area contributed by atoms with Crippen LogP contribution in [0.3, 0.4) is 0 Å². The minimum Gasteiger partial charge on any atom is -0.330 e. The highest BCUT2D eigenvalue weighted by Crippen LogP contribution is 2.26. The molecule has 29 heavy (non-hydrogen) atoms. The highest BCUT2D eigenvalue weighted by atomic mass is 15.1. The van der Waals surface area contributed by atoms with Crippen LogP contribution < -0.4 is 11.5 Å². The van der Waals surface area contributed by atoms with Gasteiger partial charge in [0, 0.05) is 31.0 Å². The molecule has 5 nitrogen and oxygen atoms in total. The number of benzene rings is 1. The molecule has 4 N–H and O–H groups in total. The molecule has 0 saturated carbocycles. The van der Waals surface area contributed by atoms with Gasteiger partial charge in [-0.3, -0.25) is 14.9 Å². The van der Waals surface area contributed by atoms with E-state index in [-0.39, 0.29) is 6.04 Å². The molecule has 1 aromatic heterocycles. The van der Waals surface area contributed by atoms with Gasteiger partial charge in [-0.05, 0) is 75.9 Å². The lowest BCUT2D eigenvalue weighted by atomic mass is 10.0. The van der Waals surface area contributed by atoms with Gasteiger partial charge in [0.15, 0.2) is 0 Å². The fourth-order valence-electron chi connectivity index (χ4n) is 3.50. The summed E-state index contributed by atoms with van der Waals surface area (Å²) in [6.45, 7) is 11.7. The number of nitrogens with zero attached hydrogens (tertiary/aromatic N) is 3. The Morgan fingerprint density at radius 3 is 2.66 bits per heavy atom. The van der Waals surface area contributed by atoms with Crippen LogP contribution in [0.5, 0.6) is 0 Å². The van der Waals surface area contributed by atoms with Crippen LogP contribution in [0.25, 0.3) is 0 Å². The molecular formula is C24H37N5. The van der Waals surface area contributed by atoms with Crippen LogP contribution in [0.4, 0.5) is 5.69 Å². The summed E-state index contributed by atoms with van der Waals surface area (Å²) >= 11 is 0. The lowest BCUT2D eigenvalue weighted by molar-refractivity contribution is 0.292. The number of aliphatic imine (C=N–C) groups is 1. The van der Waals surface area contributed by atoms with Gasteiger partial charge >= 0.3 is 0 Å². The zero-order valence-electron chi connectivity index (χ0n) is 18.5. The summed E-state index contributed by atoms with van der Waals surface area (Å²) in [5, 5.41) is 0. The first-order valence-electron chi connectivity index (χ1n) is 10.7. The molecule has 1 heterocycles. The fraction of sp³-hybridized carbons (Fsp3) is 0.500. The van der Waals surface area contributed by atoms with Crippen LogP contribution in [-0.4, -0.2) is 35.2 Å². The maximum absolute atomic E-state index is 6.28. The molecule has 1 aromatic carbocycles. The molecule has 0 amide bonds. The van der Waals surface area contributed by atoms with Crippen molar-refractivity contribution in [3.63, 3.8) is 0 Å². The number of hydrogen-bond acceptors (Lipinski definition) is 5. The van der Waals surface area contributed by atoms with Gasteiger partial charge in [0.05, 0.1) is 11.4 Å². The SMILES string of the molecule is CCC(N)c1ccccc1N=C(C)CN(CCCCN)Cc1ncc(C)cc1C. The minimum absolute atomic E-state index is 0.0165. The largest absolute Gasteiger partial charge is 0.330 e. The lowest BCUT2D eigenvalue weighted by Gasteiger charge is -2.23. The molecule has 0 spiro atoms. The smallest absolute Gasteiger partial charge is 0.0677 e. The van der Waals surface area contributed by atoms with Gasteiger partial charge in [0.1, 0.15) is 0 Å². The molecule has 0 aliphatic carbocycles. The maximum atomic E-state index is 6.28. The van der Waals surface area contributed by atoms with Crippen molar-refractivity contribution in [1.29, 1.82) is 0 Å². The second kappa shape index (κ2) is 11.8. The summed E-state index contributed by atoms with van der Waals surface area (Å²) < 4.78 is 0. The summed E-state index contributed by atoms with van der Waals surface area (Å²) in [5.74, 6) is 0. The zero-order valence-corrected chi connectivity index (χ0v) is 18.5. The van der Waals surface area contributed by atoms with Gasteiger partial charge in [-0.2, -0.15) is 0 Å². The monoisotopic (exact) mass is 395 g/mol. The van der Waals surface area contributed by atoms with Crippen molar-refractivity contribution in [2.24, 2.45) is 16.5 Å². The number of rotatable bonds is 11. The Morgan fingerprint density at radius 2 is 1.97 bits per heavy atom. The Labute approximate surface area is 176 Å². The third kappa shape index (κ3) is 7.35. The number of nitrogens with two attached hydrogens (primary N) is 2. The van der Waals surface area contributed by atoms with Crippen molar-refractivity contribution < 1.29 is 0 Å². The van der Waals surface area contributed by atoms with E-state index in [0.29, 0.717) is 0 Å². The van der Waals surface area contributed by atoms with E-state index in [1.165, 1.54) is 11.1 Å². The van der Waals surface area contributed by atoms with Crippen molar-refractivity contribution >= 4 is 11.4 Å². The van der Waals surface area contributed by atoms with Gasteiger partial charge in [-0.25, -0.2) is 0 Å². The standard InChI is InChI=1S/C24H37N5/c1-5-22(26)21-10-6-7-11-23(21)28-20(4)16-29(13-9-8-12-25)17-24-19(3)14-18(2)15-27-24/h6-7,10-11,14-15,22H,5,8-9,12-13,16-17,25-26H2,1-4H3. The summed E-state index contributed by atoms with van der Waals surface area (Å²) in [7, 11) is 0. The van der Waals surface area contributed by atoms with E-state index in [9.17, 15) is 0 Å². The topological polar surface area (TPSA) is 80.5 Å². The van der Waals surface area contributed by atoms with Gasteiger partial charge in [-0.1, -0.05) is 31.2 Å². The number of hydrogen-bond donors (Lipinski definition) is 2. The zero-order chi connectivity index (χ0) is 21.2. The van der Waals surface area contributed by atoms with E-state index in [1.54, 1.807) is 0 Å². The fourth-order valence-corrected chi connectivity index (χ4v) is 3.50. The van der Waals surface area contributed by atoms with Crippen molar-refractivity contribution in [3.8, 4) is 0 Å². The Bertz CT molecular complexity index is 800. The normalized spacial score (nSPS) is 13.1. The molecule has 2 aromatic rings. The third-order valence-electron chi connectivity index (χ3n) is 5.17. The van der Waals surface area contributed by atoms with Gasteiger partial charge in [0.25, 0.3) is 0 Å². The summed E-state index contributed by atoms with van der Waals surface area (Å²) in [5.41, 5.74) is 18.7. The van der Waals surface area contributed by atoms with Crippen LogP contribution in [0.15, 0.2) is 41.5 Å². The van der Waals surface area contributed by atoms with Gasteiger partial charge in [-0.15, -0.1) is 0 Å². The van der Waals surface area contributed by atoms with Gasteiger partial charge in [0.2, 0.25) is 0 Å². The van der Waals surface area contributed by atoms with E-state index in [2.05, 4.69) is 55.8 Å². The first-order chi connectivity index (χ1) is 13.9. The van der Waals surface area contributed by atoms with E-state index in [0.717, 1.165) is 68.1 Å². The predicted molar refractivity (Wildman–Crippen MR) is 124 cm³/mol. The highest BCUT2D eigenvalue weighted by Gasteiger charge is 2.12. The average Bonchev–Trinajstić information content (AvgIpc) is 2.70. The molecule has 158 valence electrons. The van der Waals surface area contributed by atoms with Crippen LogP contribution in [0.1, 0.15) is 61.5 Å². The molecule has 0 saturated heterocycles. The summed E-state index contributed by atoms with van der Waals surface area (Å²) in [6.07, 6.45) is 4.95. The molecule has 0 bridgehead atoms. The number of aromatic nitrogens is 1. The average molecular weight is 396 g/mol. The Balaban J connectivity index is 2.18. The Hall–Kier alpha value is -2.08. The highest BCUT2D eigenvalue weighted by molar-refractivity contribution is 5.86. The van der Waals surface area contributed by atoms with Crippen LogP contribution in [-0.2, 0) is 6.54 Å². The predicted octanol–water partition coefficient (Wildman–Crippen LogP) is 4.44. The minimum atomic E-state index is 0.0165. The van der Waals surface area contributed by atoms with Gasteiger partial charge < -0.3 is 11.5 Å². The van der Waals surface area contributed by atoms with Crippen molar-refractivity contribution in [2.75, 3.05) is 19.6 Å². The molecule has 2 rings (SSSR count). The number of unbranched alkanes of at least 4 members (excludes halogenated alkanes) is 1. The van der Waals surface area contributed by atoms with E-state index >= 15 is 0 Å². The van der Waals surface area contributed by atoms with Crippen molar-refractivity contribution in [2.45, 2.75) is 59.5 Å². The maximum Gasteiger partial charge on any atom is 0.0677 e.